The van der Waals surface area contributed by atoms with Crippen molar-refractivity contribution in [1.82, 2.24) is 9.62 Å². The van der Waals surface area contributed by atoms with Crippen molar-refractivity contribution in [1.29, 1.82) is 0 Å². The van der Waals surface area contributed by atoms with Gasteiger partial charge in [0.05, 0.1) is 4.90 Å². The van der Waals surface area contributed by atoms with Gasteiger partial charge in [-0.25, -0.2) is 13.2 Å². The van der Waals surface area contributed by atoms with Gasteiger partial charge in [0.1, 0.15) is 12.1 Å². The van der Waals surface area contributed by atoms with Crippen LogP contribution in [0.3, 0.4) is 0 Å². The first-order chi connectivity index (χ1) is 18.5. The van der Waals surface area contributed by atoms with Gasteiger partial charge in [0.2, 0.25) is 21.8 Å². The molecule has 3 aromatic carbocycles. The fourth-order valence-electron chi connectivity index (χ4n) is 4.58. The Hall–Kier alpha value is -3.44. The maximum Gasteiger partial charge on any atom is 0.326 e. The molecule has 4 rings (SSSR count). The maximum absolute atomic E-state index is 13.3. The molecule has 204 valence electrons. The van der Waals surface area contributed by atoms with Gasteiger partial charge in [0.25, 0.3) is 0 Å². The van der Waals surface area contributed by atoms with E-state index >= 15 is 0 Å². The number of hydrogen-bond acceptors (Lipinski definition) is 5. The molecule has 1 heterocycles. The first-order valence-electron chi connectivity index (χ1n) is 12.0. The predicted octanol–water partition coefficient (Wildman–Crippen LogP) is 3.72. The predicted molar refractivity (Wildman–Crippen MR) is 147 cm³/mol. The second-order valence-corrected chi connectivity index (χ2v) is 11.9. The van der Waals surface area contributed by atoms with Crippen LogP contribution >= 0.6 is 23.2 Å². The van der Waals surface area contributed by atoms with Gasteiger partial charge in [-0.15, -0.1) is 0 Å². The minimum Gasteiger partial charge on any atom is -0.480 e. The number of halogens is 2. The van der Waals surface area contributed by atoms with Crippen molar-refractivity contribution in [2.45, 2.75) is 36.2 Å². The van der Waals surface area contributed by atoms with Gasteiger partial charge in [-0.2, -0.15) is 4.31 Å². The topological polar surface area (TPSA) is 147 Å². The molecule has 1 aliphatic heterocycles. The summed E-state index contributed by atoms with van der Waals surface area (Å²) >= 11 is 12.0. The summed E-state index contributed by atoms with van der Waals surface area (Å²) in [4.78, 5) is 36.8. The molecule has 12 heteroatoms. The lowest BCUT2D eigenvalue weighted by molar-refractivity contribution is -0.142. The summed E-state index contributed by atoms with van der Waals surface area (Å²) < 4.78 is 27.6. The van der Waals surface area contributed by atoms with E-state index in [1.165, 1.54) is 18.2 Å². The third-order valence-corrected chi connectivity index (χ3v) is 8.78. The zero-order valence-corrected chi connectivity index (χ0v) is 22.8. The number of nitrogens with zero attached hydrogens (tertiary/aromatic N) is 1. The van der Waals surface area contributed by atoms with Gasteiger partial charge in [-0.1, -0.05) is 65.7 Å². The number of nitrogens with one attached hydrogen (secondary N) is 1. The molecule has 1 aliphatic rings. The smallest absolute Gasteiger partial charge is 0.326 e. The standard InChI is InChI=1S/C27H25Cl2N3O6S/c28-18-13-19(29)15-20(14-18)39(37,38)32-11-3-6-24(32)26(34)31-23(27(35)36)12-16-7-9-17(10-8-16)21-4-1-2-5-22(21)25(30)33/h1-2,4-5,7-10,13-15,23-24H,3,6,11-12H2,(H2,30,33)(H,31,34)(H,35,36)/t23-,24-/m0/s1. The van der Waals surface area contributed by atoms with Crippen LogP contribution in [0.5, 0.6) is 0 Å². The summed E-state index contributed by atoms with van der Waals surface area (Å²) in [6.07, 6.45) is 0.624. The molecule has 0 radical (unpaired) electrons. The number of sulfonamides is 1. The molecule has 0 spiro atoms. The zero-order chi connectivity index (χ0) is 28.3. The monoisotopic (exact) mass is 589 g/mol. The van der Waals surface area contributed by atoms with Crippen molar-refractivity contribution >= 4 is 51.0 Å². The van der Waals surface area contributed by atoms with Crippen molar-refractivity contribution in [2.24, 2.45) is 5.73 Å². The lowest BCUT2D eigenvalue weighted by Gasteiger charge is -2.25. The van der Waals surface area contributed by atoms with Crippen molar-refractivity contribution in [3.05, 3.63) is 87.9 Å². The minimum atomic E-state index is -4.11. The Morgan fingerprint density at radius 2 is 1.67 bits per heavy atom. The summed E-state index contributed by atoms with van der Waals surface area (Å²) in [5.74, 6) is -2.53. The number of carboxylic acids is 1. The molecule has 0 aromatic heterocycles. The van der Waals surface area contributed by atoms with E-state index in [1.54, 1.807) is 48.5 Å². The van der Waals surface area contributed by atoms with E-state index in [0.717, 1.165) is 9.87 Å². The summed E-state index contributed by atoms with van der Waals surface area (Å²) in [5.41, 5.74) is 7.80. The van der Waals surface area contributed by atoms with E-state index in [1.807, 2.05) is 0 Å². The Bertz CT molecular complexity index is 1510. The number of nitrogens with two attached hydrogens (primary N) is 1. The number of aliphatic carboxylic acids is 1. The first-order valence-corrected chi connectivity index (χ1v) is 14.2. The highest BCUT2D eigenvalue weighted by Crippen LogP contribution is 2.30. The van der Waals surface area contributed by atoms with Crippen LogP contribution in [0.15, 0.2) is 71.6 Å². The van der Waals surface area contributed by atoms with E-state index in [4.69, 9.17) is 28.9 Å². The number of carbonyl (C=O) groups excluding carboxylic acids is 2. The molecule has 1 fully saturated rings. The molecule has 0 aliphatic carbocycles. The molecule has 2 atom stereocenters. The van der Waals surface area contributed by atoms with Gasteiger partial charge in [0.15, 0.2) is 0 Å². The normalized spacial score (nSPS) is 16.5. The summed E-state index contributed by atoms with van der Waals surface area (Å²) in [6, 6.07) is 15.3. The van der Waals surface area contributed by atoms with Crippen LogP contribution < -0.4 is 11.1 Å². The van der Waals surface area contributed by atoms with Crippen molar-refractivity contribution in [3.8, 4) is 11.1 Å². The number of rotatable bonds is 9. The fraction of sp³-hybridized carbons (Fsp3) is 0.222. The fourth-order valence-corrected chi connectivity index (χ4v) is 6.96. The number of benzene rings is 3. The highest BCUT2D eigenvalue weighted by atomic mass is 35.5. The second-order valence-electron chi connectivity index (χ2n) is 9.09. The molecule has 0 bridgehead atoms. The third-order valence-electron chi connectivity index (χ3n) is 6.46. The van der Waals surface area contributed by atoms with Crippen LogP contribution in [-0.2, 0) is 26.0 Å². The third kappa shape index (κ3) is 6.42. The van der Waals surface area contributed by atoms with Crippen LogP contribution in [0.25, 0.3) is 11.1 Å². The molecular weight excluding hydrogens is 565 g/mol. The van der Waals surface area contributed by atoms with Gasteiger partial charge < -0.3 is 16.2 Å². The van der Waals surface area contributed by atoms with E-state index in [9.17, 15) is 27.9 Å². The maximum atomic E-state index is 13.3. The van der Waals surface area contributed by atoms with Gasteiger partial charge in [-0.3, -0.25) is 9.59 Å². The number of carbonyl (C=O) groups is 3. The molecule has 0 saturated carbocycles. The molecule has 4 N–H and O–H groups in total. The molecule has 3 aromatic rings. The Labute approximate surface area is 235 Å². The van der Waals surface area contributed by atoms with Crippen LogP contribution in [0.4, 0.5) is 0 Å². The number of amides is 2. The van der Waals surface area contributed by atoms with Crippen LogP contribution in [-0.4, -0.2) is 54.2 Å². The molecule has 2 amide bonds. The Balaban J connectivity index is 1.50. The average Bonchev–Trinajstić information content (AvgIpc) is 3.39. The lowest BCUT2D eigenvalue weighted by atomic mass is 9.97. The Morgan fingerprint density at radius 3 is 2.28 bits per heavy atom. The SMILES string of the molecule is NC(=O)c1ccccc1-c1ccc(C[C@H](NC(=O)[C@@H]2CCCN2S(=O)(=O)c2cc(Cl)cc(Cl)c2)C(=O)O)cc1. The quantitative estimate of drug-likeness (QED) is 0.346. The highest BCUT2D eigenvalue weighted by molar-refractivity contribution is 7.89. The highest BCUT2D eigenvalue weighted by Gasteiger charge is 2.40. The van der Waals surface area contributed by atoms with Crippen molar-refractivity contribution in [3.63, 3.8) is 0 Å². The number of primary amides is 1. The van der Waals surface area contributed by atoms with E-state index in [2.05, 4.69) is 5.32 Å². The first kappa shape index (κ1) is 28.6. The molecular formula is C27H25Cl2N3O6S. The lowest BCUT2D eigenvalue weighted by Crippen LogP contribution is -2.51. The number of carboxylic acid groups (broad SMARTS) is 1. The molecule has 1 saturated heterocycles. The number of hydrogen-bond donors (Lipinski definition) is 3. The second kappa shape index (κ2) is 11.7. The minimum absolute atomic E-state index is 0.0395. The average molecular weight is 590 g/mol. The molecule has 9 nitrogen and oxygen atoms in total. The Kier molecular flexibility index (Phi) is 8.60. The zero-order valence-electron chi connectivity index (χ0n) is 20.5. The molecule has 39 heavy (non-hydrogen) atoms. The van der Waals surface area contributed by atoms with Gasteiger partial charge >= 0.3 is 5.97 Å². The van der Waals surface area contributed by atoms with Crippen LogP contribution in [0.2, 0.25) is 10.0 Å². The van der Waals surface area contributed by atoms with Crippen LogP contribution in [0, 0.1) is 0 Å². The largest absolute Gasteiger partial charge is 0.480 e. The van der Waals surface area contributed by atoms with Gasteiger partial charge in [0, 0.05) is 28.6 Å². The van der Waals surface area contributed by atoms with Gasteiger partial charge in [-0.05, 0) is 53.8 Å². The molecule has 0 unspecified atom stereocenters. The van der Waals surface area contributed by atoms with E-state index in [-0.39, 0.29) is 34.3 Å². The van der Waals surface area contributed by atoms with Crippen molar-refractivity contribution < 1.29 is 27.9 Å². The van der Waals surface area contributed by atoms with Crippen molar-refractivity contribution in [2.75, 3.05) is 6.54 Å². The summed E-state index contributed by atoms with van der Waals surface area (Å²) in [7, 11) is -4.11. The summed E-state index contributed by atoms with van der Waals surface area (Å²) in [6.45, 7) is 0.0938. The summed E-state index contributed by atoms with van der Waals surface area (Å²) in [5, 5.41) is 12.6. The van der Waals surface area contributed by atoms with Crippen LogP contribution in [0.1, 0.15) is 28.8 Å². The van der Waals surface area contributed by atoms with E-state index < -0.39 is 39.9 Å². The van der Waals surface area contributed by atoms with E-state index in [0.29, 0.717) is 23.1 Å². The Morgan fingerprint density at radius 1 is 1.03 bits per heavy atom.